The van der Waals surface area contributed by atoms with Gasteiger partial charge >= 0.3 is 0 Å². The molecule has 1 aromatic heterocycles. The molecule has 4 heteroatoms. The van der Waals surface area contributed by atoms with Crippen LogP contribution in [0.15, 0.2) is 41.0 Å². The van der Waals surface area contributed by atoms with Crippen molar-refractivity contribution in [2.75, 3.05) is 0 Å². The summed E-state index contributed by atoms with van der Waals surface area (Å²) in [4.78, 5) is 0. The highest BCUT2D eigenvalue weighted by Crippen LogP contribution is 2.21. The molecule has 1 aromatic carbocycles. The molecular formula is C15H16FNO2. The van der Waals surface area contributed by atoms with Gasteiger partial charge in [-0.25, -0.2) is 4.39 Å². The van der Waals surface area contributed by atoms with Gasteiger partial charge in [-0.05, 0) is 31.0 Å². The van der Waals surface area contributed by atoms with Gasteiger partial charge in [0, 0.05) is 17.7 Å². The normalized spacial score (nSPS) is 14.6. The van der Waals surface area contributed by atoms with Gasteiger partial charge in [-0.3, -0.25) is 0 Å². The monoisotopic (exact) mass is 261 g/mol. The summed E-state index contributed by atoms with van der Waals surface area (Å²) < 4.78 is 24.0. The lowest BCUT2D eigenvalue weighted by atomic mass is 10.2. The van der Waals surface area contributed by atoms with Crippen LogP contribution in [0, 0.1) is 5.82 Å². The van der Waals surface area contributed by atoms with E-state index in [0.29, 0.717) is 18.4 Å². The maximum absolute atomic E-state index is 13.0. The summed E-state index contributed by atoms with van der Waals surface area (Å²) >= 11 is 0. The van der Waals surface area contributed by atoms with Gasteiger partial charge in [0.05, 0.1) is 12.8 Å². The molecule has 0 aliphatic heterocycles. The Morgan fingerprint density at radius 3 is 3.00 bits per heavy atom. The quantitative estimate of drug-likeness (QED) is 0.866. The van der Waals surface area contributed by atoms with Gasteiger partial charge in [0.15, 0.2) is 0 Å². The van der Waals surface area contributed by atoms with Crippen molar-refractivity contribution in [3.05, 3.63) is 53.7 Å². The Labute approximate surface area is 111 Å². The summed E-state index contributed by atoms with van der Waals surface area (Å²) in [5, 5.41) is 3.40. The SMILES string of the molecule is Fc1cccc(OCc2ccoc2CNC2CC2)c1. The molecule has 100 valence electrons. The first kappa shape index (κ1) is 12.2. The largest absolute Gasteiger partial charge is 0.489 e. The smallest absolute Gasteiger partial charge is 0.126 e. The van der Waals surface area contributed by atoms with Crippen LogP contribution < -0.4 is 10.1 Å². The van der Waals surface area contributed by atoms with Crippen molar-refractivity contribution in [1.82, 2.24) is 5.32 Å². The average Bonchev–Trinajstić information content (AvgIpc) is 3.13. The summed E-state index contributed by atoms with van der Waals surface area (Å²) in [6, 6.07) is 8.68. The van der Waals surface area contributed by atoms with Crippen molar-refractivity contribution >= 4 is 0 Å². The van der Waals surface area contributed by atoms with E-state index in [-0.39, 0.29) is 5.82 Å². The van der Waals surface area contributed by atoms with Gasteiger partial charge in [-0.1, -0.05) is 6.07 Å². The van der Waals surface area contributed by atoms with Crippen molar-refractivity contribution in [3.8, 4) is 5.75 Å². The molecule has 2 aromatic rings. The lowest BCUT2D eigenvalue weighted by Gasteiger charge is -2.07. The molecule has 1 aliphatic carbocycles. The molecule has 0 saturated heterocycles. The first-order valence-corrected chi connectivity index (χ1v) is 6.48. The standard InChI is InChI=1S/C15H16FNO2/c16-12-2-1-3-14(8-12)19-10-11-6-7-18-15(11)9-17-13-4-5-13/h1-3,6-8,13,17H,4-5,9-10H2. The number of halogens is 1. The molecule has 1 saturated carbocycles. The second-order valence-corrected chi connectivity index (χ2v) is 4.77. The third kappa shape index (κ3) is 3.35. The number of benzene rings is 1. The number of hydrogen-bond acceptors (Lipinski definition) is 3. The number of nitrogens with one attached hydrogen (secondary N) is 1. The Morgan fingerprint density at radius 1 is 1.32 bits per heavy atom. The maximum Gasteiger partial charge on any atom is 0.126 e. The van der Waals surface area contributed by atoms with E-state index in [0.717, 1.165) is 17.9 Å². The number of rotatable bonds is 6. The fourth-order valence-electron chi connectivity index (χ4n) is 1.89. The predicted octanol–water partition coefficient (Wildman–Crippen LogP) is 3.25. The Morgan fingerprint density at radius 2 is 2.21 bits per heavy atom. The molecule has 0 spiro atoms. The van der Waals surface area contributed by atoms with Gasteiger partial charge in [0.2, 0.25) is 0 Å². The molecule has 0 amide bonds. The van der Waals surface area contributed by atoms with E-state index in [1.54, 1.807) is 18.4 Å². The van der Waals surface area contributed by atoms with Gasteiger partial charge < -0.3 is 14.5 Å². The minimum Gasteiger partial charge on any atom is -0.489 e. The van der Waals surface area contributed by atoms with E-state index in [2.05, 4.69) is 5.32 Å². The van der Waals surface area contributed by atoms with Crippen LogP contribution in [0.3, 0.4) is 0 Å². The van der Waals surface area contributed by atoms with Crippen molar-refractivity contribution in [2.45, 2.75) is 32.0 Å². The second kappa shape index (κ2) is 5.45. The highest BCUT2D eigenvalue weighted by atomic mass is 19.1. The Balaban J connectivity index is 1.58. The van der Waals surface area contributed by atoms with E-state index in [4.69, 9.17) is 9.15 Å². The summed E-state index contributed by atoms with van der Waals surface area (Å²) in [5.41, 5.74) is 0.998. The molecule has 0 unspecified atom stereocenters. The first-order valence-electron chi connectivity index (χ1n) is 6.48. The Kier molecular flexibility index (Phi) is 3.51. The van der Waals surface area contributed by atoms with E-state index in [1.165, 1.54) is 25.0 Å². The molecule has 1 fully saturated rings. The van der Waals surface area contributed by atoms with Crippen LogP contribution in [-0.2, 0) is 13.2 Å². The van der Waals surface area contributed by atoms with Crippen LogP contribution in [0.2, 0.25) is 0 Å². The molecule has 1 heterocycles. The van der Waals surface area contributed by atoms with Crippen molar-refractivity contribution < 1.29 is 13.5 Å². The number of ether oxygens (including phenoxy) is 1. The lowest BCUT2D eigenvalue weighted by molar-refractivity contribution is 0.299. The Hall–Kier alpha value is -1.81. The average molecular weight is 261 g/mol. The van der Waals surface area contributed by atoms with Crippen LogP contribution in [0.5, 0.6) is 5.75 Å². The van der Waals surface area contributed by atoms with E-state index in [9.17, 15) is 4.39 Å². The summed E-state index contributed by atoms with van der Waals surface area (Å²) in [6.45, 7) is 1.11. The molecule has 0 radical (unpaired) electrons. The van der Waals surface area contributed by atoms with Crippen LogP contribution in [0.4, 0.5) is 4.39 Å². The van der Waals surface area contributed by atoms with Crippen molar-refractivity contribution in [1.29, 1.82) is 0 Å². The van der Waals surface area contributed by atoms with Gasteiger partial charge in [0.25, 0.3) is 0 Å². The molecule has 0 atom stereocenters. The third-order valence-corrected chi connectivity index (χ3v) is 3.16. The molecule has 1 N–H and O–H groups in total. The molecule has 3 nitrogen and oxygen atoms in total. The zero-order valence-electron chi connectivity index (χ0n) is 10.6. The van der Waals surface area contributed by atoms with Gasteiger partial charge in [0.1, 0.15) is 23.9 Å². The third-order valence-electron chi connectivity index (χ3n) is 3.16. The zero-order chi connectivity index (χ0) is 13.1. The topological polar surface area (TPSA) is 34.4 Å². The van der Waals surface area contributed by atoms with Crippen LogP contribution in [0.1, 0.15) is 24.2 Å². The molecule has 1 aliphatic rings. The van der Waals surface area contributed by atoms with Crippen LogP contribution in [0.25, 0.3) is 0 Å². The van der Waals surface area contributed by atoms with Crippen LogP contribution in [-0.4, -0.2) is 6.04 Å². The minimum atomic E-state index is -0.291. The van der Waals surface area contributed by atoms with Gasteiger partial charge in [-0.15, -0.1) is 0 Å². The fraction of sp³-hybridized carbons (Fsp3) is 0.333. The second-order valence-electron chi connectivity index (χ2n) is 4.77. The van der Waals surface area contributed by atoms with Gasteiger partial charge in [-0.2, -0.15) is 0 Å². The maximum atomic E-state index is 13.0. The highest BCUT2D eigenvalue weighted by Gasteiger charge is 2.21. The van der Waals surface area contributed by atoms with E-state index >= 15 is 0 Å². The number of hydrogen-bond donors (Lipinski definition) is 1. The lowest BCUT2D eigenvalue weighted by Crippen LogP contribution is -2.16. The predicted molar refractivity (Wildman–Crippen MR) is 69.3 cm³/mol. The van der Waals surface area contributed by atoms with Crippen LogP contribution >= 0.6 is 0 Å². The summed E-state index contributed by atoms with van der Waals surface area (Å²) in [6.07, 6.45) is 4.15. The van der Waals surface area contributed by atoms with E-state index in [1.807, 2.05) is 6.07 Å². The summed E-state index contributed by atoms with van der Waals surface area (Å²) in [5.74, 6) is 1.13. The minimum absolute atomic E-state index is 0.291. The van der Waals surface area contributed by atoms with E-state index < -0.39 is 0 Å². The highest BCUT2D eigenvalue weighted by molar-refractivity contribution is 5.24. The molecular weight excluding hydrogens is 245 g/mol. The molecule has 3 rings (SSSR count). The first-order chi connectivity index (χ1) is 9.31. The number of furan rings is 1. The summed E-state index contributed by atoms with van der Waals surface area (Å²) in [7, 11) is 0. The van der Waals surface area contributed by atoms with Crippen molar-refractivity contribution in [3.63, 3.8) is 0 Å². The molecule has 0 bridgehead atoms. The molecule has 19 heavy (non-hydrogen) atoms. The van der Waals surface area contributed by atoms with Crippen molar-refractivity contribution in [2.24, 2.45) is 0 Å². The zero-order valence-corrected chi connectivity index (χ0v) is 10.6. The fourth-order valence-corrected chi connectivity index (χ4v) is 1.89. The Bertz CT molecular complexity index is 549.